The molecule has 0 amide bonds. The molecule has 0 atom stereocenters. The van der Waals surface area contributed by atoms with Gasteiger partial charge < -0.3 is 14.4 Å². The van der Waals surface area contributed by atoms with E-state index in [1.165, 1.54) is 16.7 Å². The molecule has 0 aliphatic heterocycles. The summed E-state index contributed by atoms with van der Waals surface area (Å²) in [6.45, 7) is 8.05. The fourth-order valence-electron chi connectivity index (χ4n) is 3.24. The molecule has 0 spiro atoms. The van der Waals surface area contributed by atoms with Gasteiger partial charge in [0.05, 0.1) is 24.2 Å². The summed E-state index contributed by atoms with van der Waals surface area (Å²) in [5.41, 5.74) is 5.93. The van der Waals surface area contributed by atoms with Gasteiger partial charge in [-0.2, -0.15) is 0 Å². The Morgan fingerprint density at radius 1 is 1.04 bits per heavy atom. The van der Waals surface area contributed by atoms with Crippen molar-refractivity contribution in [2.24, 2.45) is 0 Å². The Labute approximate surface area is 155 Å². The SMILES string of the molecule is Cc1cccc(OCCCCn2c(CCO)nc3cc(C)c(C)cc32)c1. The first-order valence-corrected chi connectivity index (χ1v) is 9.35. The summed E-state index contributed by atoms with van der Waals surface area (Å²) in [6.07, 6.45) is 2.59. The van der Waals surface area contributed by atoms with Crippen LogP contribution < -0.4 is 4.74 Å². The number of unbranched alkanes of at least 4 members (excludes halogenated alkanes) is 1. The van der Waals surface area contributed by atoms with Crippen LogP contribution in [0.4, 0.5) is 0 Å². The zero-order valence-corrected chi connectivity index (χ0v) is 16.0. The van der Waals surface area contributed by atoms with Crippen LogP contribution in [-0.4, -0.2) is 27.9 Å². The molecule has 138 valence electrons. The number of ether oxygens (including phenoxy) is 1. The fraction of sp³-hybridized carbons (Fsp3) is 0.409. The van der Waals surface area contributed by atoms with Crippen molar-refractivity contribution in [1.29, 1.82) is 0 Å². The number of rotatable bonds is 8. The third kappa shape index (κ3) is 4.25. The lowest BCUT2D eigenvalue weighted by molar-refractivity contribution is 0.292. The number of imidazole rings is 1. The Hall–Kier alpha value is -2.33. The Morgan fingerprint density at radius 3 is 2.62 bits per heavy atom. The number of aliphatic hydroxyl groups is 1. The maximum atomic E-state index is 9.36. The van der Waals surface area contributed by atoms with Crippen LogP contribution >= 0.6 is 0 Å². The standard InChI is InChI=1S/C22H28N2O2/c1-16-7-6-8-19(13-16)26-12-5-4-10-24-21-15-18(3)17(2)14-20(21)23-22(24)9-11-25/h6-8,13-15,25H,4-5,9-12H2,1-3H3. The fourth-order valence-corrected chi connectivity index (χ4v) is 3.24. The van der Waals surface area contributed by atoms with Crippen LogP contribution in [0.3, 0.4) is 0 Å². The zero-order chi connectivity index (χ0) is 18.5. The average Bonchev–Trinajstić information content (AvgIpc) is 2.92. The normalized spacial score (nSPS) is 11.2. The van der Waals surface area contributed by atoms with E-state index in [1.54, 1.807) is 0 Å². The molecular formula is C22H28N2O2. The molecule has 0 saturated carbocycles. The van der Waals surface area contributed by atoms with Crippen LogP contribution in [0.25, 0.3) is 11.0 Å². The Bertz CT molecular complexity index is 883. The maximum absolute atomic E-state index is 9.36. The largest absolute Gasteiger partial charge is 0.494 e. The van der Waals surface area contributed by atoms with Gasteiger partial charge in [0.15, 0.2) is 0 Å². The lowest BCUT2D eigenvalue weighted by Crippen LogP contribution is -2.07. The van der Waals surface area contributed by atoms with Crippen molar-refractivity contribution >= 4 is 11.0 Å². The smallest absolute Gasteiger partial charge is 0.119 e. The molecule has 0 aliphatic carbocycles. The van der Waals surface area contributed by atoms with Gasteiger partial charge in [-0.05, 0) is 74.6 Å². The number of benzene rings is 2. The molecule has 0 bridgehead atoms. The summed E-state index contributed by atoms with van der Waals surface area (Å²) in [6, 6.07) is 12.5. The summed E-state index contributed by atoms with van der Waals surface area (Å²) >= 11 is 0. The highest BCUT2D eigenvalue weighted by Gasteiger charge is 2.11. The molecule has 0 saturated heterocycles. The molecule has 1 aromatic heterocycles. The molecule has 4 heteroatoms. The van der Waals surface area contributed by atoms with E-state index in [2.05, 4.69) is 49.6 Å². The lowest BCUT2D eigenvalue weighted by Gasteiger charge is -2.10. The minimum atomic E-state index is 0.123. The molecule has 2 aromatic carbocycles. The molecule has 0 radical (unpaired) electrons. The van der Waals surface area contributed by atoms with Crippen molar-refractivity contribution in [3.05, 3.63) is 58.9 Å². The molecular weight excluding hydrogens is 324 g/mol. The monoisotopic (exact) mass is 352 g/mol. The predicted octanol–water partition coefficient (Wildman–Crippen LogP) is 4.36. The van der Waals surface area contributed by atoms with Crippen molar-refractivity contribution in [3.63, 3.8) is 0 Å². The number of fused-ring (bicyclic) bond motifs is 1. The van der Waals surface area contributed by atoms with Crippen LogP contribution in [0.15, 0.2) is 36.4 Å². The minimum Gasteiger partial charge on any atom is -0.494 e. The number of nitrogens with zero attached hydrogens (tertiary/aromatic N) is 2. The van der Waals surface area contributed by atoms with Gasteiger partial charge in [-0.15, -0.1) is 0 Å². The second-order valence-corrected chi connectivity index (χ2v) is 6.95. The molecule has 0 aliphatic rings. The highest BCUT2D eigenvalue weighted by Crippen LogP contribution is 2.22. The highest BCUT2D eigenvalue weighted by molar-refractivity contribution is 5.78. The molecule has 3 rings (SSSR count). The second-order valence-electron chi connectivity index (χ2n) is 6.95. The average molecular weight is 352 g/mol. The van der Waals surface area contributed by atoms with Crippen LogP contribution in [0, 0.1) is 20.8 Å². The summed E-state index contributed by atoms with van der Waals surface area (Å²) in [4.78, 5) is 4.73. The van der Waals surface area contributed by atoms with Gasteiger partial charge in [0, 0.05) is 13.0 Å². The van der Waals surface area contributed by atoms with Gasteiger partial charge in [0.2, 0.25) is 0 Å². The van der Waals surface area contributed by atoms with E-state index < -0.39 is 0 Å². The van der Waals surface area contributed by atoms with Crippen molar-refractivity contribution in [3.8, 4) is 5.75 Å². The van der Waals surface area contributed by atoms with Crippen LogP contribution in [0.5, 0.6) is 5.75 Å². The lowest BCUT2D eigenvalue weighted by atomic mass is 10.1. The van der Waals surface area contributed by atoms with E-state index in [4.69, 9.17) is 9.72 Å². The first-order valence-electron chi connectivity index (χ1n) is 9.35. The van der Waals surface area contributed by atoms with Crippen molar-refractivity contribution < 1.29 is 9.84 Å². The number of aromatic nitrogens is 2. The van der Waals surface area contributed by atoms with Crippen LogP contribution in [-0.2, 0) is 13.0 Å². The summed E-state index contributed by atoms with van der Waals surface area (Å²) in [7, 11) is 0. The summed E-state index contributed by atoms with van der Waals surface area (Å²) in [5, 5.41) is 9.36. The van der Waals surface area contributed by atoms with E-state index in [9.17, 15) is 5.11 Å². The van der Waals surface area contributed by atoms with Gasteiger partial charge in [-0.3, -0.25) is 0 Å². The number of hydrogen-bond donors (Lipinski definition) is 1. The van der Waals surface area contributed by atoms with E-state index in [-0.39, 0.29) is 6.61 Å². The molecule has 4 nitrogen and oxygen atoms in total. The topological polar surface area (TPSA) is 47.3 Å². The van der Waals surface area contributed by atoms with Crippen LogP contribution in [0.1, 0.15) is 35.4 Å². The van der Waals surface area contributed by atoms with Gasteiger partial charge in [-0.25, -0.2) is 4.98 Å². The van der Waals surface area contributed by atoms with E-state index in [1.807, 2.05) is 12.1 Å². The molecule has 1 heterocycles. The number of hydrogen-bond acceptors (Lipinski definition) is 3. The van der Waals surface area contributed by atoms with E-state index >= 15 is 0 Å². The quantitative estimate of drug-likeness (QED) is 0.613. The molecule has 0 fully saturated rings. The van der Waals surface area contributed by atoms with Crippen molar-refractivity contribution in [2.45, 2.75) is 46.6 Å². The number of aliphatic hydroxyl groups excluding tert-OH is 1. The third-order valence-corrected chi connectivity index (χ3v) is 4.81. The molecule has 1 N–H and O–H groups in total. The third-order valence-electron chi connectivity index (χ3n) is 4.81. The first kappa shape index (κ1) is 18.5. The first-order chi connectivity index (χ1) is 12.6. The van der Waals surface area contributed by atoms with Gasteiger partial charge in [-0.1, -0.05) is 12.1 Å². The summed E-state index contributed by atoms with van der Waals surface area (Å²) in [5.74, 6) is 1.90. The van der Waals surface area contributed by atoms with Gasteiger partial charge in [0.25, 0.3) is 0 Å². The molecule has 26 heavy (non-hydrogen) atoms. The van der Waals surface area contributed by atoms with Crippen LogP contribution in [0.2, 0.25) is 0 Å². The highest BCUT2D eigenvalue weighted by atomic mass is 16.5. The second kappa shape index (κ2) is 8.37. The zero-order valence-electron chi connectivity index (χ0n) is 16.0. The maximum Gasteiger partial charge on any atom is 0.119 e. The van der Waals surface area contributed by atoms with E-state index in [0.717, 1.165) is 42.0 Å². The summed E-state index contributed by atoms with van der Waals surface area (Å²) < 4.78 is 8.10. The van der Waals surface area contributed by atoms with E-state index in [0.29, 0.717) is 13.0 Å². The van der Waals surface area contributed by atoms with Gasteiger partial charge >= 0.3 is 0 Å². The number of aryl methyl sites for hydroxylation is 4. The Balaban J connectivity index is 1.64. The minimum absolute atomic E-state index is 0.123. The van der Waals surface area contributed by atoms with Crippen molar-refractivity contribution in [1.82, 2.24) is 9.55 Å². The molecule has 3 aromatic rings. The van der Waals surface area contributed by atoms with Gasteiger partial charge in [0.1, 0.15) is 11.6 Å². The predicted molar refractivity (Wildman–Crippen MR) is 106 cm³/mol. The molecule has 0 unspecified atom stereocenters. The van der Waals surface area contributed by atoms with Crippen molar-refractivity contribution in [2.75, 3.05) is 13.2 Å². The Morgan fingerprint density at radius 2 is 1.85 bits per heavy atom. The Kier molecular flexibility index (Phi) is 5.94.